The zero-order valence-electron chi connectivity index (χ0n) is 8.60. The second-order valence-electron chi connectivity index (χ2n) is 2.80. The van der Waals surface area contributed by atoms with E-state index in [1.165, 1.54) is 0 Å². The maximum Gasteiger partial charge on any atom is 0.467 e. The summed E-state index contributed by atoms with van der Waals surface area (Å²) in [6.45, 7) is -1.41. The van der Waals surface area contributed by atoms with Gasteiger partial charge in [0.2, 0.25) is 0 Å². The lowest BCUT2D eigenvalue weighted by Gasteiger charge is -2.25. The van der Waals surface area contributed by atoms with Gasteiger partial charge in [0.1, 0.15) is 0 Å². The van der Waals surface area contributed by atoms with E-state index in [0.29, 0.717) is 6.08 Å². The van der Waals surface area contributed by atoms with Gasteiger partial charge in [-0.15, -0.1) is 4.90 Å². The maximum absolute atomic E-state index is 11.9. The standard InChI is InChI=1S/C8H9F6NO2/c1-17-6(16)4-2-3-5-15(7(9,10)11)8(12,13)14/h2-3H,4-5H2,1H3/b3-2+. The highest BCUT2D eigenvalue weighted by molar-refractivity contribution is 5.70. The van der Waals surface area contributed by atoms with Crippen LogP contribution in [0.3, 0.4) is 0 Å². The summed E-state index contributed by atoms with van der Waals surface area (Å²) in [5.41, 5.74) is 0. The van der Waals surface area contributed by atoms with Crippen LogP contribution in [0.4, 0.5) is 26.3 Å². The van der Waals surface area contributed by atoms with Crippen molar-refractivity contribution in [1.82, 2.24) is 4.90 Å². The second kappa shape index (κ2) is 5.89. The molecule has 0 spiro atoms. The maximum atomic E-state index is 11.9. The van der Waals surface area contributed by atoms with Crippen LogP contribution in [-0.2, 0) is 9.53 Å². The third kappa shape index (κ3) is 6.15. The number of alkyl halides is 6. The third-order valence-electron chi connectivity index (χ3n) is 1.58. The average Bonchev–Trinajstić information content (AvgIpc) is 2.12. The first-order valence-electron chi connectivity index (χ1n) is 4.22. The first kappa shape index (κ1) is 15.8. The molecule has 0 amide bonds. The summed E-state index contributed by atoms with van der Waals surface area (Å²) < 4.78 is 75.8. The molecule has 0 radical (unpaired) electrons. The van der Waals surface area contributed by atoms with Gasteiger partial charge in [0, 0.05) is 6.54 Å². The molecule has 0 aromatic rings. The Balaban J connectivity index is 4.44. The third-order valence-corrected chi connectivity index (χ3v) is 1.58. The zero-order valence-corrected chi connectivity index (χ0v) is 8.60. The van der Waals surface area contributed by atoms with E-state index in [1.54, 1.807) is 0 Å². The van der Waals surface area contributed by atoms with Crippen LogP contribution in [0.25, 0.3) is 0 Å². The summed E-state index contributed by atoms with van der Waals surface area (Å²) in [6.07, 6.45) is -9.96. The van der Waals surface area contributed by atoms with E-state index in [2.05, 4.69) is 4.74 Å². The van der Waals surface area contributed by atoms with E-state index in [4.69, 9.17) is 0 Å². The second-order valence-corrected chi connectivity index (χ2v) is 2.80. The van der Waals surface area contributed by atoms with Gasteiger partial charge in [-0.3, -0.25) is 4.79 Å². The van der Waals surface area contributed by atoms with Gasteiger partial charge in [0.05, 0.1) is 13.5 Å². The molecule has 0 saturated carbocycles. The molecule has 0 rings (SSSR count). The molecule has 0 atom stereocenters. The van der Waals surface area contributed by atoms with Crippen molar-refractivity contribution in [1.29, 1.82) is 0 Å². The van der Waals surface area contributed by atoms with Gasteiger partial charge in [0.15, 0.2) is 0 Å². The number of esters is 1. The summed E-state index contributed by atoms with van der Waals surface area (Å²) in [4.78, 5) is 8.92. The van der Waals surface area contributed by atoms with Crippen molar-refractivity contribution in [2.45, 2.75) is 19.0 Å². The van der Waals surface area contributed by atoms with Gasteiger partial charge in [-0.05, 0) is 0 Å². The van der Waals surface area contributed by atoms with E-state index in [1.807, 2.05) is 0 Å². The number of rotatable bonds is 4. The Hall–Kier alpha value is -1.25. The van der Waals surface area contributed by atoms with Crippen LogP contribution in [-0.4, -0.2) is 37.1 Å². The Labute approximate surface area is 92.6 Å². The molecule has 0 aromatic heterocycles. The lowest BCUT2D eigenvalue weighted by Crippen LogP contribution is -2.47. The summed E-state index contributed by atoms with van der Waals surface area (Å²) in [5, 5.41) is 0. The number of methoxy groups -OCH3 is 1. The van der Waals surface area contributed by atoms with Gasteiger partial charge in [-0.2, -0.15) is 26.3 Å². The van der Waals surface area contributed by atoms with Crippen molar-refractivity contribution in [3.05, 3.63) is 12.2 Å². The SMILES string of the molecule is COC(=O)C/C=C/CN(C(F)(F)F)C(F)(F)F. The van der Waals surface area contributed by atoms with Crippen LogP contribution in [0.5, 0.6) is 0 Å². The van der Waals surface area contributed by atoms with Crippen LogP contribution in [0, 0.1) is 0 Å². The fourth-order valence-electron chi connectivity index (χ4n) is 0.794. The number of hydrogen-bond acceptors (Lipinski definition) is 3. The monoisotopic (exact) mass is 265 g/mol. The number of carbonyl (C=O) groups is 1. The number of ether oxygens (including phenoxy) is 1. The van der Waals surface area contributed by atoms with E-state index in [9.17, 15) is 31.1 Å². The van der Waals surface area contributed by atoms with E-state index < -0.39 is 30.0 Å². The Morgan fingerprint density at radius 3 is 1.94 bits per heavy atom. The molecule has 9 heteroatoms. The quantitative estimate of drug-likeness (QED) is 0.338. The summed E-state index contributed by atoms with van der Waals surface area (Å²) >= 11 is 0. The topological polar surface area (TPSA) is 29.5 Å². The molecule has 0 bridgehead atoms. The molecule has 0 aliphatic heterocycles. The summed E-state index contributed by atoms with van der Waals surface area (Å²) in [5.74, 6) is -0.758. The van der Waals surface area contributed by atoms with Crippen LogP contribution in [0.2, 0.25) is 0 Å². The van der Waals surface area contributed by atoms with Crippen molar-refractivity contribution in [3.8, 4) is 0 Å². The Kier molecular flexibility index (Phi) is 5.46. The lowest BCUT2D eigenvalue weighted by atomic mass is 10.3. The lowest BCUT2D eigenvalue weighted by molar-refractivity contribution is -0.369. The number of nitrogens with zero attached hydrogens (tertiary/aromatic N) is 1. The minimum Gasteiger partial charge on any atom is -0.469 e. The first-order chi connectivity index (χ1) is 7.59. The molecule has 0 heterocycles. The van der Waals surface area contributed by atoms with Crippen molar-refractivity contribution < 1.29 is 35.9 Å². The molecular formula is C8H9F6NO2. The smallest absolute Gasteiger partial charge is 0.467 e. The molecule has 3 nitrogen and oxygen atoms in total. The van der Waals surface area contributed by atoms with Crippen molar-refractivity contribution in [2.24, 2.45) is 0 Å². The highest BCUT2D eigenvalue weighted by atomic mass is 19.4. The molecule has 17 heavy (non-hydrogen) atoms. The Bertz CT molecular complexity index is 269. The van der Waals surface area contributed by atoms with Crippen molar-refractivity contribution in [3.63, 3.8) is 0 Å². The van der Waals surface area contributed by atoms with Gasteiger partial charge < -0.3 is 4.74 Å². The molecule has 0 aliphatic carbocycles. The summed E-state index contributed by atoms with van der Waals surface area (Å²) in [6, 6.07) is 0. The largest absolute Gasteiger partial charge is 0.469 e. The molecule has 100 valence electrons. The molecule has 0 aromatic carbocycles. The van der Waals surface area contributed by atoms with Crippen molar-refractivity contribution in [2.75, 3.05) is 13.7 Å². The van der Waals surface area contributed by atoms with Crippen molar-refractivity contribution >= 4 is 5.97 Å². The van der Waals surface area contributed by atoms with Crippen LogP contribution < -0.4 is 0 Å². The fourth-order valence-corrected chi connectivity index (χ4v) is 0.794. The molecule has 0 saturated heterocycles. The zero-order chi connectivity index (χ0) is 13.7. The van der Waals surface area contributed by atoms with E-state index >= 15 is 0 Å². The first-order valence-corrected chi connectivity index (χ1v) is 4.22. The number of halogens is 6. The van der Waals surface area contributed by atoms with Crippen LogP contribution in [0.1, 0.15) is 6.42 Å². The van der Waals surface area contributed by atoms with Crippen LogP contribution in [0.15, 0.2) is 12.2 Å². The number of carbonyl (C=O) groups excluding carboxylic acids is 1. The average molecular weight is 265 g/mol. The summed E-state index contributed by atoms with van der Waals surface area (Å²) in [7, 11) is 1.05. The van der Waals surface area contributed by atoms with Gasteiger partial charge >= 0.3 is 18.6 Å². The minimum absolute atomic E-state index is 0.389. The predicted molar refractivity (Wildman–Crippen MR) is 44.6 cm³/mol. The Morgan fingerprint density at radius 2 is 1.59 bits per heavy atom. The Morgan fingerprint density at radius 1 is 1.12 bits per heavy atom. The molecular weight excluding hydrogens is 256 g/mol. The normalized spacial score (nSPS) is 13.4. The molecule has 0 fully saturated rings. The van der Waals surface area contributed by atoms with Gasteiger partial charge in [-0.25, -0.2) is 0 Å². The molecule has 0 aliphatic rings. The van der Waals surface area contributed by atoms with Gasteiger partial charge in [-0.1, -0.05) is 12.2 Å². The van der Waals surface area contributed by atoms with Crippen LogP contribution >= 0.6 is 0 Å². The fraction of sp³-hybridized carbons (Fsp3) is 0.625. The molecule has 0 unspecified atom stereocenters. The van der Waals surface area contributed by atoms with E-state index in [-0.39, 0.29) is 6.42 Å². The molecule has 0 N–H and O–H groups in total. The minimum atomic E-state index is -5.52. The highest BCUT2D eigenvalue weighted by Crippen LogP contribution is 2.32. The number of hydrogen-bond donors (Lipinski definition) is 0. The van der Waals surface area contributed by atoms with Gasteiger partial charge in [0.25, 0.3) is 0 Å². The van der Waals surface area contributed by atoms with E-state index in [0.717, 1.165) is 13.2 Å². The highest BCUT2D eigenvalue weighted by Gasteiger charge is 2.52. The predicted octanol–water partition coefficient (Wildman–Crippen LogP) is 2.45.